The van der Waals surface area contributed by atoms with E-state index in [1.807, 2.05) is 0 Å². The van der Waals surface area contributed by atoms with Gasteiger partial charge in [-0.15, -0.1) is 0 Å². The lowest BCUT2D eigenvalue weighted by atomic mass is 9.66. The molecular weight excluding hydrogens is 458 g/mol. The van der Waals surface area contributed by atoms with Crippen molar-refractivity contribution in [3.8, 4) is 0 Å². The fourth-order valence-corrected chi connectivity index (χ4v) is 6.86. The Hall–Kier alpha value is -0.610. The molecule has 2 aliphatic rings. The second kappa shape index (κ2) is 18.6. The van der Waals surface area contributed by atoms with E-state index in [1.54, 1.807) is 0 Å². The summed E-state index contributed by atoms with van der Waals surface area (Å²) in [6.07, 6.45) is 26.3. The Morgan fingerprint density at radius 1 is 0.838 bits per heavy atom. The molecular formula is C33H63NO3. The van der Waals surface area contributed by atoms with Crippen molar-refractivity contribution in [1.82, 2.24) is 4.90 Å². The Bertz CT molecular complexity index is 586. The van der Waals surface area contributed by atoms with Gasteiger partial charge in [-0.05, 0) is 70.9 Å². The van der Waals surface area contributed by atoms with Gasteiger partial charge in [-0.1, -0.05) is 117 Å². The third-order valence-corrected chi connectivity index (χ3v) is 10.1. The molecule has 1 saturated carbocycles. The van der Waals surface area contributed by atoms with Crippen LogP contribution in [0.4, 0.5) is 0 Å². The lowest BCUT2D eigenvalue weighted by Crippen LogP contribution is -2.54. The largest absolute Gasteiger partial charge is 0.342 e. The molecule has 0 aromatic heterocycles. The molecule has 37 heavy (non-hydrogen) atoms. The molecule has 3 atom stereocenters. The van der Waals surface area contributed by atoms with Crippen LogP contribution in [-0.2, 0) is 14.6 Å². The molecule has 0 aromatic rings. The van der Waals surface area contributed by atoms with Crippen molar-refractivity contribution in [2.75, 3.05) is 13.6 Å². The lowest BCUT2D eigenvalue weighted by Gasteiger charge is -2.51. The van der Waals surface area contributed by atoms with Crippen LogP contribution in [0.15, 0.2) is 0 Å². The van der Waals surface area contributed by atoms with E-state index in [1.165, 1.54) is 109 Å². The van der Waals surface area contributed by atoms with Crippen molar-refractivity contribution in [3.05, 3.63) is 0 Å². The number of carbonyl (C=O) groups is 1. The average molecular weight is 522 g/mol. The average Bonchev–Trinajstić information content (AvgIpc) is 2.89. The first-order chi connectivity index (χ1) is 17.9. The first-order valence-electron chi connectivity index (χ1n) is 16.4. The minimum Gasteiger partial charge on any atom is -0.301 e. The Morgan fingerprint density at radius 3 is 2.03 bits per heavy atom. The minimum atomic E-state index is -0.175. The van der Waals surface area contributed by atoms with Gasteiger partial charge in [-0.3, -0.25) is 4.89 Å². The summed E-state index contributed by atoms with van der Waals surface area (Å²) in [4.78, 5) is 25.4. The topological polar surface area (TPSA) is 38.8 Å². The van der Waals surface area contributed by atoms with Crippen molar-refractivity contribution in [1.29, 1.82) is 0 Å². The SMILES string of the molecule is CCCCCCCCCCCCC(CCCCC(=O)OOC1CCCCC1)C1CCN(C)C(C)(C)C1C. The predicted molar refractivity (Wildman–Crippen MR) is 156 cm³/mol. The van der Waals surface area contributed by atoms with Crippen LogP contribution in [-0.4, -0.2) is 36.1 Å². The highest BCUT2D eigenvalue weighted by atomic mass is 17.2. The summed E-state index contributed by atoms with van der Waals surface area (Å²) in [5.74, 6) is 2.11. The fraction of sp³-hybridized carbons (Fsp3) is 0.970. The molecule has 4 heteroatoms. The van der Waals surface area contributed by atoms with Crippen molar-refractivity contribution in [3.63, 3.8) is 0 Å². The van der Waals surface area contributed by atoms with Crippen LogP contribution in [0.2, 0.25) is 0 Å². The van der Waals surface area contributed by atoms with E-state index >= 15 is 0 Å². The van der Waals surface area contributed by atoms with Crippen LogP contribution >= 0.6 is 0 Å². The number of hydrogen-bond acceptors (Lipinski definition) is 4. The summed E-state index contributed by atoms with van der Waals surface area (Å²) < 4.78 is 0. The molecule has 2 fully saturated rings. The van der Waals surface area contributed by atoms with Gasteiger partial charge in [-0.25, -0.2) is 4.79 Å². The van der Waals surface area contributed by atoms with E-state index in [0.29, 0.717) is 12.3 Å². The van der Waals surface area contributed by atoms with Gasteiger partial charge in [0.15, 0.2) is 0 Å². The molecule has 0 amide bonds. The molecule has 1 aliphatic carbocycles. The highest BCUT2D eigenvalue weighted by Crippen LogP contribution is 2.43. The summed E-state index contributed by atoms with van der Waals surface area (Å²) in [6, 6.07) is 0. The molecule has 4 nitrogen and oxygen atoms in total. The number of hydrogen-bond donors (Lipinski definition) is 0. The van der Waals surface area contributed by atoms with Crippen molar-refractivity contribution in [2.45, 2.75) is 174 Å². The van der Waals surface area contributed by atoms with E-state index in [0.717, 1.165) is 37.5 Å². The van der Waals surface area contributed by atoms with Crippen LogP contribution < -0.4 is 0 Å². The number of nitrogens with zero attached hydrogens (tertiary/aromatic N) is 1. The van der Waals surface area contributed by atoms with E-state index < -0.39 is 0 Å². The number of rotatable bonds is 19. The maximum absolute atomic E-state index is 12.2. The Labute approximate surface area is 230 Å². The summed E-state index contributed by atoms with van der Waals surface area (Å²) in [5.41, 5.74) is 0.263. The van der Waals surface area contributed by atoms with Crippen molar-refractivity contribution >= 4 is 5.97 Å². The number of piperidine rings is 1. The molecule has 218 valence electrons. The maximum atomic E-state index is 12.2. The summed E-state index contributed by atoms with van der Waals surface area (Å²) in [5, 5.41) is 0. The summed E-state index contributed by atoms with van der Waals surface area (Å²) in [7, 11) is 2.30. The molecule has 2 rings (SSSR count). The maximum Gasteiger partial charge on any atom is 0.342 e. The highest BCUT2D eigenvalue weighted by molar-refractivity contribution is 5.68. The third kappa shape index (κ3) is 12.4. The Morgan fingerprint density at radius 2 is 1.41 bits per heavy atom. The van der Waals surface area contributed by atoms with Crippen LogP contribution in [0.5, 0.6) is 0 Å². The van der Waals surface area contributed by atoms with E-state index in [4.69, 9.17) is 9.78 Å². The molecule has 1 saturated heterocycles. The van der Waals surface area contributed by atoms with E-state index in [9.17, 15) is 4.79 Å². The smallest absolute Gasteiger partial charge is 0.301 e. The molecule has 0 bridgehead atoms. The van der Waals surface area contributed by atoms with Gasteiger partial charge in [0.2, 0.25) is 0 Å². The third-order valence-electron chi connectivity index (χ3n) is 10.1. The minimum absolute atomic E-state index is 0.123. The lowest BCUT2D eigenvalue weighted by molar-refractivity contribution is -0.302. The molecule has 0 aromatic carbocycles. The van der Waals surface area contributed by atoms with Gasteiger partial charge in [0.1, 0.15) is 6.10 Å². The standard InChI is InChI=1S/C33H63NO3/c1-6-7-8-9-10-11-12-13-14-16-21-29(31-26-27-34(5)33(3,4)28(31)2)22-19-20-25-32(35)37-36-30-23-17-15-18-24-30/h28-31H,6-27H2,1-5H3. The predicted octanol–water partition coefficient (Wildman–Crippen LogP) is 9.65. The second-order valence-electron chi connectivity index (χ2n) is 13.1. The summed E-state index contributed by atoms with van der Waals surface area (Å²) >= 11 is 0. The van der Waals surface area contributed by atoms with Gasteiger partial charge >= 0.3 is 5.97 Å². The zero-order chi connectivity index (χ0) is 26.9. The summed E-state index contributed by atoms with van der Waals surface area (Å²) in [6.45, 7) is 10.9. The Balaban J connectivity index is 1.71. The van der Waals surface area contributed by atoms with Crippen LogP contribution in [0.25, 0.3) is 0 Å². The van der Waals surface area contributed by atoms with Crippen LogP contribution in [0, 0.1) is 17.8 Å². The molecule has 0 spiro atoms. The zero-order valence-electron chi connectivity index (χ0n) is 25.5. The molecule has 0 radical (unpaired) electrons. The molecule has 3 unspecified atom stereocenters. The normalized spacial score (nSPS) is 23.7. The fourth-order valence-electron chi connectivity index (χ4n) is 6.86. The van der Waals surface area contributed by atoms with Gasteiger partial charge in [-0.2, -0.15) is 4.89 Å². The Kier molecular flexibility index (Phi) is 16.4. The first kappa shape index (κ1) is 32.6. The molecule has 1 aliphatic heterocycles. The van der Waals surface area contributed by atoms with E-state index in [2.05, 4.69) is 39.6 Å². The second-order valence-corrected chi connectivity index (χ2v) is 13.1. The monoisotopic (exact) mass is 521 g/mol. The number of carbonyl (C=O) groups excluding carboxylic acids is 1. The first-order valence-corrected chi connectivity index (χ1v) is 16.4. The van der Waals surface area contributed by atoms with Gasteiger partial charge in [0.25, 0.3) is 0 Å². The molecule has 1 heterocycles. The van der Waals surface area contributed by atoms with Gasteiger partial charge in [0.05, 0.1) is 0 Å². The highest BCUT2D eigenvalue weighted by Gasteiger charge is 2.42. The quantitative estimate of drug-likeness (QED) is 0.0963. The number of likely N-dealkylation sites (tertiary alicyclic amines) is 1. The van der Waals surface area contributed by atoms with Crippen LogP contribution in [0.3, 0.4) is 0 Å². The zero-order valence-corrected chi connectivity index (χ0v) is 25.5. The van der Waals surface area contributed by atoms with E-state index in [-0.39, 0.29) is 17.6 Å². The number of unbranched alkanes of at least 4 members (excludes halogenated alkanes) is 10. The molecule has 0 N–H and O–H groups in total. The van der Waals surface area contributed by atoms with Crippen molar-refractivity contribution in [2.24, 2.45) is 17.8 Å². The van der Waals surface area contributed by atoms with Crippen LogP contribution in [0.1, 0.15) is 163 Å². The van der Waals surface area contributed by atoms with Gasteiger partial charge in [0, 0.05) is 12.0 Å². The van der Waals surface area contributed by atoms with Crippen molar-refractivity contribution < 1.29 is 14.6 Å². The van der Waals surface area contributed by atoms with Gasteiger partial charge < -0.3 is 4.90 Å².